The van der Waals surface area contributed by atoms with Crippen molar-refractivity contribution >= 4 is 16.6 Å². The van der Waals surface area contributed by atoms with Crippen LogP contribution in [0.5, 0.6) is 5.75 Å². The molecule has 1 atom stereocenters. The third-order valence-electron chi connectivity index (χ3n) is 2.85. The van der Waals surface area contributed by atoms with Crippen LogP contribution in [0.2, 0.25) is 0 Å². The number of aromatic nitrogens is 5. The fraction of sp³-hybridized carbons (Fsp3) is 0.167. The summed E-state index contributed by atoms with van der Waals surface area (Å²) >= 11 is 0. The highest BCUT2D eigenvalue weighted by atomic mass is 16.3. The molecule has 2 heterocycles. The van der Waals surface area contributed by atoms with Crippen LogP contribution in [0.15, 0.2) is 30.5 Å². The quantitative estimate of drug-likeness (QED) is 0.658. The van der Waals surface area contributed by atoms with Crippen LogP contribution >= 0.6 is 0 Å². The normalized spacial score (nSPS) is 12.5. The summed E-state index contributed by atoms with van der Waals surface area (Å²) in [5.41, 5.74) is 0. The molecule has 0 aliphatic carbocycles. The van der Waals surface area contributed by atoms with Gasteiger partial charge in [0, 0.05) is 11.6 Å². The Bertz CT molecular complexity index is 697. The number of phenols is 1. The van der Waals surface area contributed by atoms with Gasteiger partial charge in [-0.3, -0.25) is 0 Å². The summed E-state index contributed by atoms with van der Waals surface area (Å²) in [4.78, 5) is 4.29. The number of hydrogen-bond donors (Lipinski definition) is 3. The van der Waals surface area contributed by atoms with Gasteiger partial charge in [-0.2, -0.15) is 5.21 Å². The maximum absolute atomic E-state index is 9.58. The molecule has 0 amide bonds. The highest BCUT2D eigenvalue weighted by Gasteiger charge is 2.12. The van der Waals surface area contributed by atoms with E-state index in [9.17, 15) is 5.11 Å². The van der Waals surface area contributed by atoms with Crippen LogP contribution in [0.1, 0.15) is 18.8 Å². The number of fused-ring (bicyclic) bond motifs is 1. The summed E-state index contributed by atoms with van der Waals surface area (Å²) in [5, 5.41) is 28.4. The van der Waals surface area contributed by atoms with Crippen LogP contribution in [0, 0.1) is 0 Å². The Morgan fingerprint density at radius 2 is 2.21 bits per heavy atom. The topological polar surface area (TPSA) is 99.6 Å². The summed E-state index contributed by atoms with van der Waals surface area (Å²) < 4.78 is 0. The van der Waals surface area contributed by atoms with Crippen molar-refractivity contribution in [3.63, 3.8) is 0 Å². The number of aromatic amines is 1. The van der Waals surface area contributed by atoms with Crippen molar-refractivity contribution in [3.8, 4) is 5.75 Å². The van der Waals surface area contributed by atoms with Crippen LogP contribution in [-0.4, -0.2) is 30.7 Å². The zero-order chi connectivity index (χ0) is 13.2. The molecule has 96 valence electrons. The van der Waals surface area contributed by atoms with Gasteiger partial charge >= 0.3 is 0 Å². The third-order valence-corrected chi connectivity index (χ3v) is 2.85. The Morgan fingerprint density at radius 1 is 1.32 bits per heavy atom. The molecule has 0 saturated carbocycles. The van der Waals surface area contributed by atoms with Gasteiger partial charge in [-0.15, -0.1) is 10.2 Å². The first-order valence-corrected chi connectivity index (χ1v) is 5.81. The number of nitrogens with one attached hydrogen (secondary N) is 2. The second kappa shape index (κ2) is 4.52. The predicted octanol–water partition coefficient (Wildman–Crippen LogP) is 1.63. The van der Waals surface area contributed by atoms with E-state index in [2.05, 4.69) is 30.9 Å². The minimum absolute atomic E-state index is 0.140. The zero-order valence-electron chi connectivity index (χ0n) is 10.2. The van der Waals surface area contributed by atoms with Crippen molar-refractivity contribution < 1.29 is 5.11 Å². The summed E-state index contributed by atoms with van der Waals surface area (Å²) in [6.45, 7) is 1.91. The lowest BCUT2D eigenvalue weighted by atomic mass is 10.1. The number of tetrazole rings is 1. The monoisotopic (exact) mass is 256 g/mol. The molecule has 3 aromatic rings. The molecule has 0 fully saturated rings. The minimum atomic E-state index is -0.140. The molecule has 0 aliphatic heterocycles. The molecule has 1 aromatic carbocycles. The Kier molecular flexibility index (Phi) is 2.71. The largest absolute Gasteiger partial charge is 0.508 e. The van der Waals surface area contributed by atoms with E-state index in [4.69, 9.17) is 0 Å². The number of nitrogens with zero attached hydrogens (tertiary/aromatic N) is 4. The van der Waals surface area contributed by atoms with E-state index in [0.717, 1.165) is 10.8 Å². The van der Waals surface area contributed by atoms with Crippen LogP contribution in [0.4, 0.5) is 5.82 Å². The Morgan fingerprint density at radius 3 is 3.00 bits per heavy atom. The lowest BCUT2D eigenvalue weighted by molar-refractivity contribution is 0.476. The first-order valence-electron chi connectivity index (χ1n) is 5.81. The molecule has 2 aromatic heterocycles. The van der Waals surface area contributed by atoms with E-state index in [1.54, 1.807) is 18.3 Å². The van der Waals surface area contributed by atoms with E-state index in [-0.39, 0.29) is 11.8 Å². The highest BCUT2D eigenvalue weighted by molar-refractivity contribution is 5.92. The number of rotatable bonds is 3. The minimum Gasteiger partial charge on any atom is -0.508 e. The number of anilines is 1. The Balaban J connectivity index is 1.98. The van der Waals surface area contributed by atoms with E-state index in [1.165, 1.54) is 0 Å². The van der Waals surface area contributed by atoms with Gasteiger partial charge in [-0.05, 0) is 30.5 Å². The van der Waals surface area contributed by atoms with E-state index in [0.29, 0.717) is 11.6 Å². The maximum Gasteiger partial charge on any atom is 0.196 e. The van der Waals surface area contributed by atoms with E-state index in [1.807, 2.05) is 19.1 Å². The molecule has 19 heavy (non-hydrogen) atoms. The van der Waals surface area contributed by atoms with Crippen molar-refractivity contribution in [1.82, 2.24) is 25.6 Å². The third kappa shape index (κ3) is 2.17. The summed E-state index contributed by atoms with van der Waals surface area (Å²) in [6, 6.07) is 6.91. The smallest absolute Gasteiger partial charge is 0.196 e. The van der Waals surface area contributed by atoms with E-state index < -0.39 is 0 Å². The van der Waals surface area contributed by atoms with Crippen molar-refractivity contribution in [2.75, 3.05) is 5.32 Å². The first kappa shape index (κ1) is 11.4. The number of benzene rings is 1. The summed E-state index contributed by atoms with van der Waals surface area (Å²) in [7, 11) is 0. The second-order valence-corrected chi connectivity index (χ2v) is 4.20. The van der Waals surface area contributed by atoms with Crippen LogP contribution in [0.25, 0.3) is 10.8 Å². The number of hydrogen-bond acceptors (Lipinski definition) is 6. The number of phenolic OH excluding ortho intramolecular Hbond substituents is 1. The fourth-order valence-corrected chi connectivity index (χ4v) is 1.89. The van der Waals surface area contributed by atoms with Crippen LogP contribution < -0.4 is 5.32 Å². The van der Waals surface area contributed by atoms with Gasteiger partial charge in [0.25, 0.3) is 0 Å². The fourth-order valence-electron chi connectivity index (χ4n) is 1.89. The molecule has 7 heteroatoms. The Labute approximate surface area is 108 Å². The molecule has 0 saturated heterocycles. The number of H-pyrrole nitrogens is 1. The zero-order valence-corrected chi connectivity index (χ0v) is 10.2. The summed E-state index contributed by atoms with van der Waals surface area (Å²) in [6.07, 6.45) is 1.71. The van der Waals surface area contributed by atoms with Gasteiger partial charge < -0.3 is 10.4 Å². The van der Waals surface area contributed by atoms with Crippen molar-refractivity contribution in [1.29, 1.82) is 0 Å². The van der Waals surface area contributed by atoms with Gasteiger partial charge in [0.2, 0.25) is 0 Å². The number of aromatic hydroxyl groups is 1. The lowest BCUT2D eigenvalue weighted by Crippen LogP contribution is -2.10. The van der Waals surface area contributed by atoms with Gasteiger partial charge in [0.1, 0.15) is 11.6 Å². The van der Waals surface area contributed by atoms with Crippen molar-refractivity contribution in [2.45, 2.75) is 13.0 Å². The van der Waals surface area contributed by atoms with Crippen molar-refractivity contribution in [2.24, 2.45) is 0 Å². The molecule has 0 bridgehead atoms. The first-order chi connectivity index (χ1) is 9.24. The molecule has 3 N–H and O–H groups in total. The highest BCUT2D eigenvalue weighted by Crippen LogP contribution is 2.26. The van der Waals surface area contributed by atoms with Crippen LogP contribution in [-0.2, 0) is 0 Å². The molecule has 0 spiro atoms. The lowest BCUT2D eigenvalue weighted by Gasteiger charge is -2.12. The molecule has 3 rings (SSSR count). The van der Waals surface area contributed by atoms with Gasteiger partial charge in [0.15, 0.2) is 5.82 Å². The second-order valence-electron chi connectivity index (χ2n) is 4.20. The standard InChI is InChI=1S/C12H12N6O/c1-7(11-15-17-18-16-11)14-12-10-6-9(19)3-2-8(10)4-5-13-12/h2-7,19H,1H3,(H,13,14)(H,15,16,17,18). The van der Waals surface area contributed by atoms with Gasteiger partial charge in [0.05, 0.1) is 6.04 Å². The molecule has 0 radical (unpaired) electrons. The maximum atomic E-state index is 9.58. The molecule has 1 unspecified atom stereocenters. The molecular weight excluding hydrogens is 244 g/mol. The molecule has 7 nitrogen and oxygen atoms in total. The van der Waals surface area contributed by atoms with Gasteiger partial charge in [-0.25, -0.2) is 4.98 Å². The average molecular weight is 256 g/mol. The van der Waals surface area contributed by atoms with E-state index >= 15 is 0 Å². The SMILES string of the molecule is CC(Nc1nccc2ccc(O)cc12)c1nn[nH]n1. The predicted molar refractivity (Wildman–Crippen MR) is 69.6 cm³/mol. The van der Waals surface area contributed by atoms with Crippen molar-refractivity contribution in [3.05, 3.63) is 36.3 Å². The summed E-state index contributed by atoms with van der Waals surface area (Å²) in [5.74, 6) is 1.43. The molecular formula is C12H12N6O. The van der Waals surface area contributed by atoms with Gasteiger partial charge in [-0.1, -0.05) is 11.3 Å². The number of pyridine rings is 1. The average Bonchev–Trinajstić information content (AvgIpc) is 2.93. The Hall–Kier alpha value is -2.70. The van der Waals surface area contributed by atoms with Crippen LogP contribution in [0.3, 0.4) is 0 Å². The molecule has 0 aliphatic rings.